The highest BCUT2D eigenvalue weighted by Gasteiger charge is 2.38. The van der Waals surface area contributed by atoms with E-state index in [1.54, 1.807) is 18.6 Å². The minimum Gasteiger partial charge on any atom is -0.358 e. The predicted molar refractivity (Wildman–Crippen MR) is 219 cm³/mol. The molecule has 57 heavy (non-hydrogen) atoms. The Balaban J connectivity index is 0.862. The lowest BCUT2D eigenvalue weighted by atomic mass is 9.99. The fourth-order valence-corrected chi connectivity index (χ4v) is 8.42. The van der Waals surface area contributed by atoms with Crippen LogP contribution >= 0.6 is 0 Å². The number of carbonyl (C=O) groups is 2. The summed E-state index contributed by atoms with van der Waals surface area (Å²) >= 11 is 0. The minimum atomic E-state index is -0.413. The summed E-state index contributed by atoms with van der Waals surface area (Å²) in [5.41, 5.74) is 6.42. The molecular formula is C46H45N9O2. The Morgan fingerprint density at radius 1 is 0.632 bits per heavy atom. The average Bonchev–Trinajstić information content (AvgIpc) is 4.12. The third-order valence-electron chi connectivity index (χ3n) is 11.5. The molecule has 4 atom stereocenters. The number of hydrogen-bond acceptors (Lipinski definition) is 7. The molecule has 3 aromatic heterocycles. The van der Waals surface area contributed by atoms with Crippen molar-refractivity contribution in [2.45, 2.75) is 56.7 Å². The number of aromatic nitrogens is 6. The molecule has 286 valence electrons. The summed E-state index contributed by atoms with van der Waals surface area (Å²) in [5.74, 6) is 2.21. The van der Waals surface area contributed by atoms with E-state index in [0.29, 0.717) is 18.9 Å². The van der Waals surface area contributed by atoms with E-state index >= 15 is 0 Å². The molecule has 6 heterocycles. The van der Waals surface area contributed by atoms with Crippen LogP contribution in [0, 0.1) is 0 Å². The Labute approximate surface area is 332 Å². The van der Waals surface area contributed by atoms with Gasteiger partial charge in [0, 0.05) is 49.4 Å². The van der Waals surface area contributed by atoms with E-state index < -0.39 is 6.04 Å². The zero-order valence-corrected chi connectivity index (χ0v) is 31.9. The zero-order chi connectivity index (χ0) is 38.7. The number of hydrogen-bond donors (Lipinski definition) is 2. The molecule has 2 saturated heterocycles. The van der Waals surface area contributed by atoms with E-state index in [-0.39, 0.29) is 29.8 Å². The van der Waals surface area contributed by atoms with E-state index in [1.807, 2.05) is 126 Å². The first-order chi connectivity index (χ1) is 28.0. The molecule has 0 saturated carbocycles. The van der Waals surface area contributed by atoms with Crippen LogP contribution in [0.2, 0.25) is 0 Å². The van der Waals surface area contributed by atoms with Crippen LogP contribution in [-0.2, 0) is 9.59 Å². The molecule has 11 heteroatoms. The van der Waals surface area contributed by atoms with Gasteiger partial charge in [0.1, 0.15) is 17.7 Å². The Kier molecular flexibility index (Phi) is 10.0. The lowest BCUT2D eigenvalue weighted by Gasteiger charge is -2.35. The number of carbonyl (C=O) groups excluding carboxylic acids is 2. The van der Waals surface area contributed by atoms with E-state index in [2.05, 4.69) is 20.9 Å². The number of aromatic amines is 2. The summed E-state index contributed by atoms with van der Waals surface area (Å²) in [6, 6.07) is 27.4. The van der Waals surface area contributed by atoms with Gasteiger partial charge in [0.15, 0.2) is 5.82 Å². The summed E-state index contributed by atoms with van der Waals surface area (Å²) in [5, 5.41) is 0. The maximum absolute atomic E-state index is 14.3. The fourth-order valence-electron chi connectivity index (χ4n) is 8.42. The first-order valence-corrected chi connectivity index (χ1v) is 19.8. The average molecular weight is 756 g/mol. The molecular weight excluding hydrogens is 711 g/mol. The van der Waals surface area contributed by atoms with E-state index in [1.165, 1.54) is 0 Å². The van der Waals surface area contributed by atoms with Gasteiger partial charge in [-0.1, -0.05) is 97.1 Å². The maximum atomic E-state index is 14.3. The summed E-state index contributed by atoms with van der Waals surface area (Å²) in [4.78, 5) is 59.8. The number of nitrogens with zero attached hydrogens (tertiary/aromatic N) is 7. The van der Waals surface area contributed by atoms with Gasteiger partial charge in [-0.25, -0.2) is 19.9 Å². The first kappa shape index (κ1) is 36.0. The highest BCUT2D eigenvalue weighted by Crippen LogP contribution is 2.37. The Morgan fingerprint density at radius 3 is 1.79 bits per heavy atom. The summed E-state index contributed by atoms with van der Waals surface area (Å²) in [6.45, 7) is 4.08. The second kappa shape index (κ2) is 15.9. The van der Waals surface area contributed by atoms with Crippen molar-refractivity contribution in [2.75, 3.05) is 19.6 Å². The molecule has 3 aliphatic rings. The van der Waals surface area contributed by atoms with Crippen molar-refractivity contribution in [3.63, 3.8) is 0 Å². The molecule has 11 nitrogen and oxygen atoms in total. The monoisotopic (exact) mass is 755 g/mol. The fraction of sp³-hybridized carbons (Fsp3) is 0.261. The van der Waals surface area contributed by atoms with E-state index in [0.717, 1.165) is 83.1 Å². The van der Waals surface area contributed by atoms with Gasteiger partial charge >= 0.3 is 0 Å². The summed E-state index contributed by atoms with van der Waals surface area (Å²) in [6.07, 6.45) is 18.9. The van der Waals surface area contributed by atoms with Crippen LogP contribution in [0.3, 0.4) is 0 Å². The van der Waals surface area contributed by atoms with Crippen LogP contribution in [0.1, 0.15) is 79.4 Å². The Bertz CT molecular complexity index is 2390. The van der Waals surface area contributed by atoms with Crippen molar-refractivity contribution < 1.29 is 9.59 Å². The zero-order valence-electron chi connectivity index (χ0n) is 31.9. The largest absolute Gasteiger partial charge is 0.358 e. The molecule has 0 radical (unpaired) electrons. The number of nitrogens with one attached hydrogen (secondary N) is 2. The first-order valence-electron chi connectivity index (χ1n) is 19.8. The third-order valence-corrected chi connectivity index (χ3v) is 11.5. The molecule has 6 aromatic rings. The maximum Gasteiger partial charge on any atom is 0.250 e. The molecule has 3 aromatic carbocycles. The number of benzene rings is 3. The third kappa shape index (κ3) is 7.28. The number of rotatable bonds is 10. The van der Waals surface area contributed by atoms with Crippen LogP contribution in [0.5, 0.6) is 0 Å². The molecule has 2 fully saturated rings. The van der Waals surface area contributed by atoms with Crippen LogP contribution in [0.4, 0.5) is 0 Å². The van der Waals surface area contributed by atoms with Gasteiger partial charge in [-0.15, -0.1) is 0 Å². The molecule has 0 bridgehead atoms. The molecule has 2 amide bonds. The van der Waals surface area contributed by atoms with Gasteiger partial charge in [0.25, 0.3) is 5.91 Å². The Hall–Kier alpha value is -6.62. The van der Waals surface area contributed by atoms with Gasteiger partial charge in [0.2, 0.25) is 5.91 Å². The van der Waals surface area contributed by atoms with Gasteiger partial charge in [0.05, 0.1) is 41.8 Å². The quantitative estimate of drug-likeness (QED) is 0.144. The second-order valence-corrected chi connectivity index (χ2v) is 15.0. The van der Waals surface area contributed by atoms with E-state index in [4.69, 9.17) is 19.9 Å². The number of H-pyrrole nitrogens is 2. The minimum absolute atomic E-state index is 0.0684. The number of amides is 2. The predicted octanol–water partition coefficient (Wildman–Crippen LogP) is 8.18. The molecule has 3 aliphatic heterocycles. The Morgan fingerprint density at radius 2 is 1.19 bits per heavy atom. The van der Waals surface area contributed by atoms with Crippen LogP contribution in [0.15, 0.2) is 134 Å². The highest BCUT2D eigenvalue weighted by molar-refractivity contribution is 5.85. The molecule has 0 spiro atoms. The number of likely N-dealkylation sites (tertiary alicyclic amines) is 2. The van der Waals surface area contributed by atoms with Gasteiger partial charge in [-0.05, 0) is 55.4 Å². The van der Waals surface area contributed by atoms with E-state index in [9.17, 15) is 9.59 Å². The van der Waals surface area contributed by atoms with Gasteiger partial charge < -0.3 is 24.7 Å². The highest BCUT2D eigenvalue weighted by atomic mass is 16.2. The molecule has 2 N–H and O–H groups in total. The van der Waals surface area contributed by atoms with Crippen molar-refractivity contribution >= 4 is 11.8 Å². The summed E-state index contributed by atoms with van der Waals surface area (Å²) < 4.78 is 0. The molecule has 0 unspecified atom stereocenters. The van der Waals surface area contributed by atoms with Crippen molar-refractivity contribution in [1.29, 1.82) is 0 Å². The van der Waals surface area contributed by atoms with Crippen LogP contribution < -0.4 is 0 Å². The van der Waals surface area contributed by atoms with Gasteiger partial charge in [-0.2, -0.15) is 0 Å². The normalized spacial score (nSPS) is 18.9. The molecule has 0 aliphatic carbocycles. The van der Waals surface area contributed by atoms with Crippen LogP contribution in [0.25, 0.3) is 33.9 Å². The van der Waals surface area contributed by atoms with Gasteiger partial charge in [-0.3, -0.25) is 9.59 Å². The SMILES string of the molecule is C[C@@H](C(=O)N1CCC[C@H]1c1ncc(-c2ccc(-c3ncc(-c4cnc([C@@H]5CCCN5C(=O)[C@@H](c5ccccc5)N5C=CC=CC5)[nH]4)cn3)cc2)[nH]1)c1ccccc1. The smallest absolute Gasteiger partial charge is 0.250 e. The topological polar surface area (TPSA) is 127 Å². The molecule has 9 rings (SSSR count). The van der Waals surface area contributed by atoms with Crippen molar-refractivity contribution in [3.05, 3.63) is 157 Å². The van der Waals surface area contributed by atoms with Crippen LogP contribution in [-0.4, -0.2) is 76.1 Å². The summed E-state index contributed by atoms with van der Waals surface area (Å²) in [7, 11) is 0. The van der Waals surface area contributed by atoms with Crippen molar-refractivity contribution in [2.24, 2.45) is 0 Å². The number of imidazole rings is 2. The standard InChI is InChI=1S/C46H45N9O2/c1-31(32-13-5-2-6-14-32)45(56)54-25-11-17-39(54)43-49-29-37(51-43)33-19-21-35(22-20-33)42-47-27-36(28-48-42)38-30-50-44(52-38)40-18-12-26-55(40)46(57)41(34-15-7-3-8-16-34)53-23-9-4-10-24-53/h2-10,13-16,19-23,27-31,39-41H,11-12,17-18,24-26H2,1H3,(H,49,51)(H,50,52)/t31-,39+,40+,41-/m1/s1. The second-order valence-electron chi connectivity index (χ2n) is 15.0. The van der Waals surface area contributed by atoms with Crippen molar-refractivity contribution in [1.82, 2.24) is 44.6 Å². The number of allylic oxidation sites excluding steroid dienone is 2. The van der Waals surface area contributed by atoms with Crippen molar-refractivity contribution in [3.8, 4) is 33.9 Å². The lowest BCUT2D eigenvalue weighted by Crippen LogP contribution is -2.41. The lowest BCUT2D eigenvalue weighted by molar-refractivity contribution is -0.137.